The fourth-order valence-corrected chi connectivity index (χ4v) is 6.47. The summed E-state index contributed by atoms with van der Waals surface area (Å²) in [5.74, 6) is -0.160. The lowest BCUT2D eigenvalue weighted by Crippen LogP contribution is -2.37. The van der Waals surface area contributed by atoms with Crippen molar-refractivity contribution in [3.63, 3.8) is 0 Å². The van der Waals surface area contributed by atoms with Crippen molar-refractivity contribution in [2.45, 2.75) is 66.6 Å². The van der Waals surface area contributed by atoms with Gasteiger partial charge in [-0.15, -0.1) is 23.2 Å². The SMILES string of the molecule is [C-]#[N+]c1c(C(=O)OC2C(C)CC(C)CC2C)c2nc(NC(=O)C(C)Oc3ccc(C)cc3C)[nH]n2c1OC(=O)N(CCCl)CCCl. The number of esters is 1. The molecule has 0 bridgehead atoms. The van der Waals surface area contributed by atoms with Gasteiger partial charge in [-0.2, -0.15) is 4.98 Å². The number of aromatic amines is 1. The van der Waals surface area contributed by atoms with E-state index in [1.54, 1.807) is 13.0 Å². The number of alkyl halides is 2. The number of aryl methyl sites for hydroxylation is 2. The molecule has 0 spiro atoms. The van der Waals surface area contributed by atoms with Gasteiger partial charge in [0.25, 0.3) is 11.6 Å². The van der Waals surface area contributed by atoms with Crippen molar-refractivity contribution in [3.05, 3.63) is 46.3 Å². The van der Waals surface area contributed by atoms with Gasteiger partial charge in [-0.3, -0.25) is 15.2 Å². The van der Waals surface area contributed by atoms with Crippen molar-refractivity contribution >= 4 is 58.5 Å². The molecular formula is C32H40Cl2N6O6. The van der Waals surface area contributed by atoms with Crippen LogP contribution in [0.1, 0.15) is 62.0 Å². The number of anilines is 1. The fraction of sp³-hybridized carbons (Fsp3) is 0.531. The predicted molar refractivity (Wildman–Crippen MR) is 175 cm³/mol. The summed E-state index contributed by atoms with van der Waals surface area (Å²) in [5.41, 5.74) is 1.44. The first-order valence-corrected chi connectivity index (χ1v) is 16.3. The van der Waals surface area contributed by atoms with Gasteiger partial charge in [0.05, 0.1) is 6.57 Å². The second kappa shape index (κ2) is 15.1. The van der Waals surface area contributed by atoms with Gasteiger partial charge in [0.1, 0.15) is 17.4 Å². The Morgan fingerprint density at radius 1 is 1.15 bits per heavy atom. The van der Waals surface area contributed by atoms with E-state index in [4.69, 9.17) is 44.0 Å². The van der Waals surface area contributed by atoms with Gasteiger partial charge in [-0.1, -0.05) is 38.5 Å². The summed E-state index contributed by atoms with van der Waals surface area (Å²) < 4.78 is 18.7. The summed E-state index contributed by atoms with van der Waals surface area (Å²) >= 11 is 11.7. The second-order valence-corrected chi connectivity index (χ2v) is 12.8. The number of rotatable bonds is 11. The normalized spacial score (nSPS) is 20.1. The number of aromatic nitrogens is 3. The number of nitrogens with zero attached hydrogens (tertiary/aromatic N) is 4. The molecule has 3 aromatic rings. The minimum atomic E-state index is -0.914. The molecule has 1 aromatic carbocycles. The molecule has 1 fully saturated rings. The molecule has 0 saturated heterocycles. The molecule has 1 saturated carbocycles. The molecule has 1 aliphatic rings. The van der Waals surface area contributed by atoms with Gasteiger partial charge in [-0.05, 0) is 63.0 Å². The van der Waals surface area contributed by atoms with Crippen LogP contribution in [0.5, 0.6) is 11.6 Å². The number of benzene rings is 1. The van der Waals surface area contributed by atoms with E-state index in [9.17, 15) is 14.4 Å². The summed E-state index contributed by atoms with van der Waals surface area (Å²) in [6.45, 7) is 19.9. The van der Waals surface area contributed by atoms with Crippen LogP contribution in [0, 0.1) is 38.2 Å². The van der Waals surface area contributed by atoms with Crippen molar-refractivity contribution in [3.8, 4) is 11.6 Å². The second-order valence-electron chi connectivity index (χ2n) is 12.0. The molecule has 14 heteroatoms. The third kappa shape index (κ3) is 7.70. The number of hydrogen-bond donors (Lipinski definition) is 2. The van der Waals surface area contributed by atoms with Crippen LogP contribution < -0.4 is 14.8 Å². The highest BCUT2D eigenvalue weighted by molar-refractivity contribution is 6.18. The molecular weight excluding hydrogens is 635 g/mol. The van der Waals surface area contributed by atoms with Crippen molar-refractivity contribution in [1.82, 2.24) is 19.5 Å². The molecule has 2 heterocycles. The average molecular weight is 676 g/mol. The molecule has 1 aliphatic carbocycles. The van der Waals surface area contributed by atoms with E-state index in [2.05, 4.69) is 27.2 Å². The van der Waals surface area contributed by atoms with E-state index in [1.165, 1.54) is 9.42 Å². The van der Waals surface area contributed by atoms with Crippen LogP contribution in [0.2, 0.25) is 0 Å². The molecule has 46 heavy (non-hydrogen) atoms. The Balaban J connectivity index is 1.69. The van der Waals surface area contributed by atoms with Crippen molar-refractivity contribution in [2.75, 3.05) is 30.2 Å². The Bertz CT molecular complexity index is 1610. The van der Waals surface area contributed by atoms with Crippen LogP contribution in [-0.4, -0.2) is 74.5 Å². The predicted octanol–water partition coefficient (Wildman–Crippen LogP) is 6.74. The highest BCUT2D eigenvalue weighted by Gasteiger charge is 2.37. The van der Waals surface area contributed by atoms with Crippen molar-refractivity contribution in [1.29, 1.82) is 0 Å². The van der Waals surface area contributed by atoms with Gasteiger partial charge in [0.15, 0.2) is 11.8 Å². The zero-order valence-corrected chi connectivity index (χ0v) is 28.4. The first kappa shape index (κ1) is 34.9. The van der Waals surface area contributed by atoms with Crippen LogP contribution in [0.15, 0.2) is 18.2 Å². The number of hydrogen-bond acceptors (Lipinski definition) is 7. The minimum absolute atomic E-state index is 0.0530. The number of carbonyl (C=O) groups excluding carboxylic acids is 3. The number of carbonyl (C=O) groups is 3. The Morgan fingerprint density at radius 2 is 1.80 bits per heavy atom. The molecule has 0 radical (unpaired) electrons. The van der Waals surface area contributed by atoms with E-state index in [-0.39, 0.29) is 71.5 Å². The highest BCUT2D eigenvalue weighted by atomic mass is 35.5. The minimum Gasteiger partial charge on any atom is -0.481 e. The number of fused-ring (bicyclic) bond motifs is 1. The highest BCUT2D eigenvalue weighted by Crippen LogP contribution is 2.40. The van der Waals surface area contributed by atoms with Crippen LogP contribution in [-0.2, 0) is 9.53 Å². The lowest BCUT2D eigenvalue weighted by atomic mass is 9.75. The molecule has 0 aliphatic heterocycles. The van der Waals surface area contributed by atoms with E-state index >= 15 is 0 Å². The quantitative estimate of drug-likeness (QED) is 0.131. The molecule has 2 aromatic heterocycles. The summed E-state index contributed by atoms with van der Waals surface area (Å²) in [4.78, 5) is 49.3. The maximum absolute atomic E-state index is 13.8. The average Bonchev–Trinajstić information content (AvgIpc) is 3.52. The topological polar surface area (TPSA) is 132 Å². The Hall–Kier alpha value is -3.95. The number of H-pyrrole nitrogens is 1. The summed E-state index contributed by atoms with van der Waals surface area (Å²) in [6, 6.07) is 5.63. The Labute approximate surface area is 278 Å². The monoisotopic (exact) mass is 674 g/mol. The summed E-state index contributed by atoms with van der Waals surface area (Å²) in [5, 5.41) is 5.49. The fourth-order valence-electron chi connectivity index (χ4n) is 6.06. The van der Waals surface area contributed by atoms with E-state index < -0.39 is 24.1 Å². The molecule has 248 valence electrons. The third-order valence-electron chi connectivity index (χ3n) is 8.14. The Morgan fingerprint density at radius 3 is 2.39 bits per heavy atom. The van der Waals surface area contributed by atoms with Gasteiger partial charge < -0.3 is 19.1 Å². The largest absolute Gasteiger partial charge is 0.481 e. The van der Waals surface area contributed by atoms with Gasteiger partial charge >= 0.3 is 12.1 Å². The maximum Gasteiger partial charge on any atom is 0.415 e. The summed E-state index contributed by atoms with van der Waals surface area (Å²) in [6.07, 6.45) is -0.339. The molecule has 3 unspecified atom stereocenters. The van der Waals surface area contributed by atoms with E-state index in [0.717, 1.165) is 24.0 Å². The van der Waals surface area contributed by atoms with Crippen molar-refractivity contribution < 1.29 is 28.6 Å². The van der Waals surface area contributed by atoms with Crippen LogP contribution in [0.3, 0.4) is 0 Å². The van der Waals surface area contributed by atoms with Gasteiger partial charge in [-0.25, -0.2) is 18.9 Å². The number of ether oxygens (including phenoxy) is 3. The molecule has 12 nitrogen and oxygen atoms in total. The van der Waals surface area contributed by atoms with Crippen LogP contribution in [0.4, 0.5) is 16.4 Å². The lowest BCUT2D eigenvalue weighted by molar-refractivity contribution is -0.122. The molecule has 2 amide bonds. The van der Waals surface area contributed by atoms with Gasteiger partial charge in [0.2, 0.25) is 11.8 Å². The molecule has 3 atom stereocenters. The zero-order chi connectivity index (χ0) is 33.7. The third-order valence-corrected chi connectivity index (χ3v) is 8.48. The van der Waals surface area contributed by atoms with Crippen LogP contribution in [0.25, 0.3) is 10.5 Å². The maximum atomic E-state index is 13.8. The zero-order valence-electron chi connectivity index (χ0n) is 26.9. The van der Waals surface area contributed by atoms with Gasteiger partial charge in [0, 0.05) is 24.8 Å². The van der Waals surface area contributed by atoms with Crippen molar-refractivity contribution in [2.24, 2.45) is 17.8 Å². The number of amides is 2. The summed E-state index contributed by atoms with van der Waals surface area (Å²) in [7, 11) is 0. The number of nitrogens with one attached hydrogen (secondary N) is 2. The first-order chi connectivity index (χ1) is 21.9. The lowest BCUT2D eigenvalue weighted by Gasteiger charge is -2.37. The Kier molecular flexibility index (Phi) is 11.5. The molecule has 4 rings (SSSR count). The standard InChI is InChI=1S/C32H40Cl2N6O6/c1-17-8-9-23(19(3)14-17)44-22(6)28(41)37-31-36-27-24(30(42)45-26-20(4)15-18(2)16-21(26)5)25(35-7)29(40(27)38-31)46-32(43)39(12-10-33)13-11-34/h8-9,14,18,20-22,26H,10-13,15-16H2,1-6H3,(H2,36,37,38,41). The van der Waals surface area contributed by atoms with E-state index in [0.29, 0.717) is 11.7 Å². The smallest absolute Gasteiger partial charge is 0.415 e. The van der Waals surface area contributed by atoms with Crippen LogP contribution >= 0.6 is 23.2 Å². The molecule has 2 N–H and O–H groups in total. The van der Waals surface area contributed by atoms with E-state index in [1.807, 2.05) is 39.8 Å². The first-order valence-electron chi connectivity index (χ1n) is 15.2. The number of halogens is 2.